The summed E-state index contributed by atoms with van der Waals surface area (Å²) >= 11 is 0. The summed E-state index contributed by atoms with van der Waals surface area (Å²) < 4.78 is 10.5. The van der Waals surface area contributed by atoms with Gasteiger partial charge >= 0.3 is 12.1 Å². The number of amides is 1. The van der Waals surface area contributed by atoms with Crippen LogP contribution in [-0.2, 0) is 14.3 Å². The first kappa shape index (κ1) is 18.5. The van der Waals surface area contributed by atoms with Crippen molar-refractivity contribution in [1.29, 1.82) is 0 Å². The summed E-state index contributed by atoms with van der Waals surface area (Å²) in [5, 5.41) is 0. The van der Waals surface area contributed by atoms with Gasteiger partial charge in [0.1, 0.15) is 5.60 Å². The average Bonchev–Trinajstić information content (AvgIpc) is 2.54. The highest BCUT2D eigenvalue weighted by atomic mass is 16.6. The Bertz CT molecular complexity index is 735. The molecule has 5 heteroatoms. The third-order valence-corrected chi connectivity index (χ3v) is 3.29. The number of anilines is 1. The summed E-state index contributed by atoms with van der Waals surface area (Å²) in [4.78, 5) is 25.2. The lowest BCUT2D eigenvalue weighted by Crippen LogP contribution is -2.39. The molecule has 2 aromatic carbocycles. The van der Waals surface area contributed by atoms with Gasteiger partial charge in [0.2, 0.25) is 0 Å². The first-order chi connectivity index (χ1) is 11.8. The van der Waals surface area contributed by atoms with Gasteiger partial charge in [0.25, 0.3) is 0 Å². The Labute approximate surface area is 148 Å². The standard InChI is InChI=1S/C20H23NO4/c1-15(22)24-14-21(19(23)25-20(2,3)4)18-13-9-8-12-17(18)16-10-6-5-7-11-16/h5-13H,14H2,1-4H3. The highest BCUT2D eigenvalue weighted by Gasteiger charge is 2.26. The van der Waals surface area contributed by atoms with E-state index < -0.39 is 17.7 Å². The average molecular weight is 341 g/mol. The Balaban J connectivity index is 2.43. The molecule has 0 unspecified atom stereocenters. The van der Waals surface area contributed by atoms with Crippen LogP contribution in [-0.4, -0.2) is 24.4 Å². The molecule has 0 fully saturated rings. The molecule has 2 rings (SSSR count). The number of rotatable bonds is 4. The molecule has 0 N–H and O–H groups in total. The maximum atomic E-state index is 12.7. The highest BCUT2D eigenvalue weighted by molar-refractivity contribution is 5.94. The number of hydrogen-bond donors (Lipinski definition) is 0. The number of para-hydroxylation sites is 1. The van der Waals surface area contributed by atoms with E-state index in [2.05, 4.69) is 0 Å². The molecule has 25 heavy (non-hydrogen) atoms. The minimum Gasteiger partial charge on any atom is -0.444 e. The molecule has 0 aliphatic carbocycles. The van der Waals surface area contributed by atoms with Gasteiger partial charge < -0.3 is 9.47 Å². The van der Waals surface area contributed by atoms with Gasteiger partial charge in [0.05, 0.1) is 5.69 Å². The smallest absolute Gasteiger partial charge is 0.417 e. The first-order valence-corrected chi connectivity index (χ1v) is 8.06. The predicted octanol–water partition coefficient (Wildman–Crippen LogP) is 4.62. The molecule has 0 saturated carbocycles. The topological polar surface area (TPSA) is 55.8 Å². The SMILES string of the molecule is CC(=O)OCN(C(=O)OC(C)(C)C)c1ccccc1-c1ccccc1. The van der Waals surface area contributed by atoms with E-state index in [0.717, 1.165) is 11.1 Å². The van der Waals surface area contributed by atoms with Gasteiger partial charge in [0, 0.05) is 12.5 Å². The van der Waals surface area contributed by atoms with Crippen molar-refractivity contribution in [2.75, 3.05) is 11.6 Å². The molecule has 0 aliphatic heterocycles. The molecule has 1 amide bonds. The van der Waals surface area contributed by atoms with Gasteiger partial charge in [-0.3, -0.25) is 4.79 Å². The van der Waals surface area contributed by atoms with E-state index in [-0.39, 0.29) is 6.73 Å². The van der Waals surface area contributed by atoms with Crippen molar-refractivity contribution in [3.63, 3.8) is 0 Å². The number of ether oxygens (including phenoxy) is 2. The first-order valence-electron chi connectivity index (χ1n) is 8.06. The second kappa shape index (κ2) is 7.83. The van der Waals surface area contributed by atoms with Crippen molar-refractivity contribution in [3.05, 3.63) is 54.6 Å². The lowest BCUT2D eigenvalue weighted by Gasteiger charge is -2.28. The zero-order valence-corrected chi connectivity index (χ0v) is 15.0. The van der Waals surface area contributed by atoms with Crippen molar-refractivity contribution < 1.29 is 19.1 Å². The van der Waals surface area contributed by atoms with E-state index >= 15 is 0 Å². The van der Waals surface area contributed by atoms with E-state index in [0.29, 0.717) is 5.69 Å². The second-order valence-electron chi connectivity index (χ2n) is 6.56. The molecule has 132 valence electrons. The van der Waals surface area contributed by atoms with Gasteiger partial charge in [-0.1, -0.05) is 48.5 Å². The maximum absolute atomic E-state index is 12.7. The summed E-state index contributed by atoms with van der Waals surface area (Å²) in [5.74, 6) is -0.467. The van der Waals surface area contributed by atoms with E-state index in [1.165, 1.54) is 11.8 Å². The van der Waals surface area contributed by atoms with Crippen LogP contribution in [0.2, 0.25) is 0 Å². The van der Waals surface area contributed by atoms with Gasteiger partial charge in [-0.2, -0.15) is 0 Å². The van der Waals surface area contributed by atoms with Gasteiger partial charge in [-0.05, 0) is 32.4 Å². The minimum absolute atomic E-state index is 0.214. The third kappa shape index (κ3) is 5.35. The van der Waals surface area contributed by atoms with Crippen molar-refractivity contribution in [2.24, 2.45) is 0 Å². The van der Waals surface area contributed by atoms with E-state index in [4.69, 9.17) is 9.47 Å². The normalized spacial score (nSPS) is 10.9. The molecule has 0 saturated heterocycles. The molecule has 0 atom stereocenters. The number of esters is 1. The van der Waals surface area contributed by atoms with Crippen LogP contribution in [0, 0.1) is 0 Å². The third-order valence-electron chi connectivity index (χ3n) is 3.29. The minimum atomic E-state index is -0.659. The Kier molecular flexibility index (Phi) is 5.80. The van der Waals surface area contributed by atoms with Crippen molar-refractivity contribution >= 4 is 17.7 Å². The summed E-state index contributed by atoms with van der Waals surface area (Å²) in [7, 11) is 0. The van der Waals surface area contributed by atoms with Crippen LogP contribution >= 0.6 is 0 Å². The molecule has 0 aromatic heterocycles. The van der Waals surface area contributed by atoms with Crippen molar-refractivity contribution in [3.8, 4) is 11.1 Å². The second-order valence-corrected chi connectivity index (χ2v) is 6.56. The fraction of sp³-hybridized carbons (Fsp3) is 0.300. The summed E-state index contributed by atoms with van der Waals surface area (Å²) in [6.07, 6.45) is -0.572. The highest BCUT2D eigenvalue weighted by Crippen LogP contribution is 2.31. The zero-order chi connectivity index (χ0) is 18.4. The molecule has 0 heterocycles. The molecular weight excluding hydrogens is 318 g/mol. The lowest BCUT2D eigenvalue weighted by atomic mass is 10.0. The number of carbonyl (C=O) groups is 2. The quantitative estimate of drug-likeness (QED) is 0.602. The number of hydrogen-bond acceptors (Lipinski definition) is 4. The Morgan fingerprint density at radius 2 is 1.56 bits per heavy atom. The van der Waals surface area contributed by atoms with Gasteiger partial charge in [-0.15, -0.1) is 0 Å². The van der Waals surface area contributed by atoms with Crippen LogP contribution < -0.4 is 4.90 Å². The molecular formula is C20H23NO4. The monoisotopic (exact) mass is 341 g/mol. The number of nitrogens with zero attached hydrogens (tertiary/aromatic N) is 1. The molecule has 5 nitrogen and oxygen atoms in total. The fourth-order valence-corrected chi connectivity index (χ4v) is 2.26. The summed E-state index contributed by atoms with van der Waals surface area (Å²) in [6.45, 7) is 6.46. The molecule has 2 aromatic rings. The molecule has 0 spiro atoms. The summed E-state index contributed by atoms with van der Waals surface area (Å²) in [5.41, 5.74) is 1.76. The largest absolute Gasteiger partial charge is 0.444 e. The lowest BCUT2D eigenvalue weighted by molar-refractivity contribution is -0.140. The van der Waals surface area contributed by atoms with Crippen LogP contribution in [0.15, 0.2) is 54.6 Å². The predicted molar refractivity (Wildman–Crippen MR) is 97.2 cm³/mol. The van der Waals surface area contributed by atoms with Crippen molar-refractivity contribution in [2.45, 2.75) is 33.3 Å². The van der Waals surface area contributed by atoms with Crippen LogP contribution in [0.3, 0.4) is 0 Å². The number of carbonyl (C=O) groups excluding carboxylic acids is 2. The number of benzene rings is 2. The Hall–Kier alpha value is -2.82. The molecule has 0 bridgehead atoms. The summed E-state index contributed by atoms with van der Waals surface area (Å²) in [6, 6.07) is 17.1. The van der Waals surface area contributed by atoms with Crippen LogP contribution in [0.25, 0.3) is 11.1 Å². The fourth-order valence-electron chi connectivity index (χ4n) is 2.26. The van der Waals surface area contributed by atoms with Crippen LogP contribution in [0.4, 0.5) is 10.5 Å². The van der Waals surface area contributed by atoms with Gasteiger partial charge in [-0.25, -0.2) is 9.69 Å². The van der Waals surface area contributed by atoms with E-state index in [1.54, 1.807) is 26.8 Å². The zero-order valence-electron chi connectivity index (χ0n) is 15.0. The maximum Gasteiger partial charge on any atom is 0.417 e. The van der Waals surface area contributed by atoms with E-state index in [9.17, 15) is 9.59 Å². The Morgan fingerprint density at radius 1 is 0.960 bits per heavy atom. The van der Waals surface area contributed by atoms with Crippen molar-refractivity contribution in [1.82, 2.24) is 0 Å². The molecule has 0 radical (unpaired) electrons. The Morgan fingerprint density at radius 3 is 2.16 bits per heavy atom. The molecule has 0 aliphatic rings. The van der Waals surface area contributed by atoms with E-state index in [1.807, 2.05) is 48.5 Å². The van der Waals surface area contributed by atoms with Crippen LogP contribution in [0.1, 0.15) is 27.7 Å². The van der Waals surface area contributed by atoms with Crippen LogP contribution in [0.5, 0.6) is 0 Å². The van der Waals surface area contributed by atoms with Gasteiger partial charge in [0.15, 0.2) is 6.73 Å².